The molecule has 118 valence electrons. The smallest absolute Gasteiger partial charge is 0.265 e. The number of hydrogen-bond donors (Lipinski definition) is 1. The van der Waals surface area contributed by atoms with Gasteiger partial charge in [-0.1, -0.05) is 29.8 Å². The fraction of sp³-hybridized carbons (Fsp3) is 0.176. The average Bonchev–Trinajstić information content (AvgIpc) is 2.55. The summed E-state index contributed by atoms with van der Waals surface area (Å²) in [5, 5.41) is 12.1. The molecule has 5 nitrogen and oxygen atoms in total. The molecular weight excluding hydrogens is 316 g/mol. The van der Waals surface area contributed by atoms with E-state index in [4.69, 9.17) is 26.3 Å². The van der Waals surface area contributed by atoms with E-state index in [-0.39, 0.29) is 5.91 Å². The van der Waals surface area contributed by atoms with E-state index in [1.807, 2.05) is 6.07 Å². The molecule has 2 rings (SSSR count). The summed E-state index contributed by atoms with van der Waals surface area (Å²) in [6, 6.07) is 13.8. The number of rotatable bonds is 5. The number of nitrogens with one attached hydrogen (secondary N) is 1. The molecule has 1 N–H and O–H groups in total. The van der Waals surface area contributed by atoms with Gasteiger partial charge in [0.05, 0.1) is 23.4 Å². The number of hydrogen-bond acceptors (Lipinski definition) is 4. The normalized spacial score (nSPS) is 11.2. The lowest BCUT2D eigenvalue weighted by molar-refractivity contribution is -0.122. The quantitative estimate of drug-likeness (QED) is 0.908. The Kier molecular flexibility index (Phi) is 5.45. The zero-order chi connectivity index (χ0) is 16.8. The van der Waals surface area contributed by atoms with Gasteiger partial charge in [0.15, 0.2) is 11.9 Å². The van der Waals surface area contributed by atoms with Crippen LogP contribution in [0.5, 0.6) is 11.5 Å². The number of halogens is 1. The van der Waals surface area contributed by atoms with E-state index < -0.39 is 6.10 Å². The predicted octanol–water partition coefficient (Wildman–Crippen LogP) is 3.63. The Morgan fingerprint density at radius 1 is 1.26 bits per heavy atom. The van der Waals surface area contributed by atoms with Crippen LogP contribution in [0.2, 0.25) is 5.02 Å². The Balaban J connectivity index is 2.12. The highest BCUT2D eigenvalue weighted by Crippen LogP contribution is 2.32. The Labute approximate surface area is 139 Å². The molecule has 1 atom stereocenters. The Morgan fingerprint density at radius 2 is 2.00 bits per heavy atom. The van der Waals surface area contributed by atoms with Crippen LogP contribution in [-0.4, -0.2) is 19.1 Å². The van der Waals surface area contributed by atoms with Gasteiger partial charge in [-0.15, -0.1) is 0 Å². The first-order chi connectivity index (χ1) is 11.1. The summed E-state index contributed by atoms with van der Waals surface area (Å²) in [5.74, 6) is 0.362. The molecule has 1 amide bonds. The van der Waals surface area contributed by atoms with Crippen LogP contribution < -0.4 is 14.8 Å². The van der Waals surface area contributed by atoms with Crippen LogP contribution in [0.15, 0.2) is 42.5 Å². The summed E-state index contributed by atoms with van der Waals surface area (Å²) in [4.78, 5) is 12.3. The van der Waals surface area contributed by atoms with Gasteiger partial charge in [-0.05, 0) is 31.2 Å². The molecule has 2 aromatic rings. The van der Waals surface area contributed by atoms with E-state index in [1.54, 1.807) is 49.4 Å². The maximum absolute atomic E-state index is 12.3. The molecule has 1 unspecified atom stereocenters. The van der Waals surface area contributed by atoms with Gasteiger partial charge in [0.25, 0.3) is 5.91 Å². The molecule has 0 aliphatic carbocycles. The van der Waals surface area contributed by atoms with E-state index in [0.29, 0.717) is 27.8 Å². The number of para-hydroxylation sites is 2. The molecule has 23 heavy (non-hydrogen) atoms. The standard InChI is InChI=1S/C17H15ClN2O3/c1-11(23-15-9-4-3-6-12(15)10-19)17(21)20-14-8-5-7-13(18)16(14)22-2/h3-9,11H,1-2H3,(H,20,21). The summed E-state index contributed by atoms with van der Waals surface area (Å²) in [6.45, 7) is 1.60. The Hall–Kier alpha value is -2.71. The summed E-state index contributed by atoms with van der Waals surface area (Å²) >= 11 is 6.02. The second-order valence-electron chi connectivity index (χ2n) is 4.68. The van der Waals surface area contributed by atoms with Crippen LogP contribution in [0.3, 0.4) is 0 Å². The number of benzene rings is 2. The largest absolute Gasteiger partial charge is 0.493 e. The summed E-state index contributed by atoms with van der Waals surface area (Å²) in [5.41, 5.74) is 0.821. The van der Waals surface area contributed by atoms with Crippen LogP contribution >= 0.6 is 11.6 Å². The van der Waals surface area contributed by atoms with Gasteiger partial charge in [-0.25, -0.2) is 0 Å². The lowest BCUT2D eigenvalue weighted by atomic mass is 10.2. The highest BCUT2D eigenvalue weighted by Gasteiger charge is 2.18. The van der Waals surface area contributed by atoms with E-state index >= 15 is 0 Å². The van der Waals surface area contributed by atoms with Crippen LogP contribution in [0, 0.1) is 11.3 Å². The van der Waals surface area contributed by atoms with E-state index in [0.717, 1.165) is 0 Å². The molecule has 0 aliphatic heterocycles. The third kappa shape index (κ3) is 3.93. The highest BCUT2D eigenvalue weighted by atomic mass is 35.5. The lowest BCUT2D eigenvalue weighted by Gasteiger charge is -2.17. The molecule has 0 aromatic heterocycles. The Morgan fingerprint density at radius 3 is 2.70 bits per heavy atom. The minimum atomic E-state index is -0.798. The molecule has 0 bridgehead atoms. The molecule has 0 saturated heterocycles. The van der Waals surface area contributed by atoms with Crippen molar-refractivity contribution in [3.63, 3.8) is 0 Å². The maximum atomic E-state index is 12.3. The van der Waals surface area contributed by atoms with Crippen LogP contribution in [-0.2, 0) is 4.79 Å². The third-order valence-corrected chi connectivity index (χ3v) is 3.41. The first kappa shape index (κ1) is 16.7. The number of carbonyl (C=O) groups excluding carboxylic acids is 1. The zero-order valence-corrected chi connectivity index (χ0v) is 13.4. The first-order valence-electron chi connectivity index (χ1n) is 6.86. The van der Waals surface area contributed by atoms with Crippen molar-refractivity contribution >= 4 is 23.2 Å². The Bertz CT molecular complexity index is 756. The van der Waals surface area contributed by atoms with Gasteiger partial charge in [-0.2, -0.15) is 5.26 Å². The number of carbonyl (C=O) groups is 1. The molecule has 6 heteroatoms. The molecule has 0 heterocycles. The summed E-state index contributed by atoms with van der Waals surface area (Å²) in [6.07, 6.45) is -0.798. The van der Waals surface area contributed by atoms with E-state index in [2.05, 4.69) is 5.32 Å². The van der Waals surface area contributed by atoms with E-state index in [9.17, 15) is 4.79 Å². The van der Waals surface area contributed by atoms with Gasteiger partial charge >= 0.3 is 0 Å². The molecule has 0 saturated carbocycles. The van der Waals surface area contributed by atoms with Gasteiger partial charge in [0.2, 0.25) is 0 Å². The molecule has 2 aromatic carbocycles. The lowest BCUT2D eigenvalue weighted by Crippen LogP contribution is -2.30. The highest BCUT2D eigenvalue weighted by molar-refractivity contribution is 6.32. The topological polar surface area (TPSA) is 71.3 Å². The van der Waals surface area contributed by atoms with Gasteiger partial charge in [0, 0.05) is 0 Å². The van der Waals surface area contributed by atoms with Crippen LogP contribution in [0.4, 0.5) is 5.69 Å². The van der Waals surface area contributed by atoms with Crippen molar-refractivity contribution in [2.75, 3.05) is 12.4 Å². The summed E-state index contributed by atoms with van der Waals surface area (Å²) in [7, 11) is 1.47. The molecular formula is C17H15ClN2O3. The number of ether oxygens (including phenoxy) is 2. The molecule has 0 spiro atoms. The fourth-order valence-corrected chi connectivity index (χ4v) is 2.21. The van der Waals surface area contributed by atoms with Crippen molar-refractivity contribution < 1.29 is 14.3 Å². The van der Waals surface area contributed by atoms with Crippen LogP contribution in [0.1, 0.15) is 12.5 Å². The van der Waals surface area contributed by atoms with Crippen molar-refractivity contribution in [2.45, 2.75) is 13.0 Å². The predicted molar refractivity (Wildman–Crippen MR) is 87.9 cm³/mol. The van der Waals surface area contributed by atoms with Gasteiger partial charge in [0.1, 0.15) is 11.8 Å². The third-order valence-electron chi connectivity index (χ3n) is 3.11. The number of nitrogens with zero attached hydrogens (tertiary/aromatic N) is 1. The summed E-state index contributed by atoms with van der Waals surface area (Å²) < 4.78 is 10.7. The minimum absolute atomic E-state index is 0.357. The number of amides is 1. The number of nitriles is 1. The molecule has 0 radical (unpaired) electrons. The second kappa shape index (κ2) is 7.52. The fourth-order valence-electron chi connectivity index (χ4n) is 1.95. The monoisotopic (exact) mass is 330 g/mol. The molecule has 0 aliphatic rings. The van der Waals surface area contributed by atoms with Crippen molar-refractivity contribution in [1.82, 2.24) is 0 Å². The van der Waals surface area contributed by atoms with Crippen molar-refractivity contribution in [3.8, 4) is 17.6 Å². The number of methoxy groups -OCH3 is 1. The van der Waals surface area contributed by atoms with Crippen molar-refractivity contribution in [3.05, 3.63) is 53.1 Å². The molecule has 0 fully saturated rings. The maximum Gasteiger partial charge on any atom is 0.265 e. The van der Waals surface area contributed by atoms with Crippen molar-refractivity contribution in [1.29, 1.82) is 5.26 Å². The SMILES string of the molecule is COc1c(Cl)cccc1NC(=O)C(C)Oc1ccccc1C#N. The van der Waals surface area contributed by atoms with Crippen molar-refractivity contribution in [2.24, 2.45) is 0 Å². The zero-order valence-electron chi connectivity index (χ0n) is 12.7. The van der Waals surface area contributed by atoms with Crippen LogP contribution in [0.25, 0.3) is 0 Å². The van der Waals surface area contributed by atoms with E-state index in [1.165, 1.54) is 7.11 Å². The number of anilines is 1. The van der Waals surface area contributed by atoms with Gasteiger partial charge < -0.3 is 14.8 Å². The first-order valence-corrected chi connectivity index (χ1v) is 7.23. The second-order valence-corrected chi connectivity index (χ2v) is 5.09. The average molecular weight is 331 g/mol. The van der Waals surface area contributed by atoms with Gasteiger partial charge in [-0.3, -0.25) is 4.79 Å². The minimum Gasteiger partial charge on any atom is -0.493 e.